The SMILES string of the molecule is CNCc1ccccc1S(=O)(=O)Nc1ccsc1. The number of rotatable bonds is 5. The lowest BCUT2D eigenvalue weighted by atomic mass is 10.2. The molecule has 18 heavy (non-hydrogen) atoms. The van der Waals surface area contributed by atoms with E-state index in [4.69, 9.17) is 0 Å². The van der Waals surface area contributed by atoms with Crippen LogP contribution in [0.2, 0.25) is 0 Å². The van der Waals surface area contributed by atoms with Gasteiger partial charge in [0.1, 0.15) is 0 Å². The molecule has 0 bridgehead atoms. The number of nitrogens with one attached hydrogen (secondary N) is 2. The summed E-state index contributed by atoms with van der Waals surface area (Å²) in [6.45, 7) is 0.515. The summed E-state index contributed by atoms with van der Waals surface area (Å²) >= 11 is 1.45. The highest BCUT2D eigenvalue weighted by Gasteiger charge is 2.17. The number of hydrogen-bond acceptors (Lipinski definition) is 4. The van der Waals surface area contributed by atoms with Gasteiger partial charge in [0.15, 0.2) is 0 Å². The van der Waals surface area contributed by atoms with Crippen LogP contribution < -0.4 is 10.0 Å². The molecule has 96 valence electrons. The smallest absolute Gasteiger partial charge is 0.262 e. The lowest BCUT2D eigenvalue weighted by Crippen LogP contribution is -2.17. The molecule has 0 saturated heterocycles. The highest BCUT2D eigenvalue weighted by molar-refractivity contribution is 7.92. The lowest BCUT2D eigenvalue weighted by Gasteiger charge is -2.11. The van der Waals surface area contributed by atoms with Crippen molar-refractivity contribution in [1.29, 1.82) is 0 Å². The Bertz CT molecular complexity index is 607. The Balaban J connectivity index is 2.35. The molecule has 2 N–H and O–H groups in total. The first-order valence-electron chi connectivity index (χ1n) is 5.41. The third-order valence-electron chi connectivity index (χ3n) is 2.40. The number of hydrogen-bond donors (Lipinski definition) is 2. The molecule has 1 aromatic heterocycles. The van der Waals surface area contributed by atoms with Crippen LogP contribution in [-0.4, -0.2) is 15.5 Å². The van der Waals surface area contributed by atoms with Crippen molar-refractivity contribution in [2.24, 2.45) is 0 Å². The molecular weight excluding hydrogens is 268 g/mol. The minimum absolute atomic E-state index is 0.311. The Morgan fingerprint density at radius 3 is 2.67 bits per heavy atom. The minimum atomic E-state index is -3.52. The third-order valence-corrected chi connectivity index (χ3v) is 4.57. The van der Waals surface area contributed by atoms with Crippen molar-refractivity contribution >= 4 is 27.0 Å². The summed E-state index contributed by atoms with van der Waals surface area (Å²) in [5.74, 6) is 0. The maximum absolute atomic E-state index is 12.3. The van der Waals surface area contributed by atoms with Gasteiger partial charge >= 0.3 is 0 Å². The van der Waals surface area contributed by atoms with Gasteiger partial charge in [-0.25, -0.2) is 8.42 Å². The quantitative estimate of drug-likeness (QED) is 0.884. The van der Waals surface area contributed by atoms with Crippen molar-refractivity contribution in [3.63, 3.8) is 0 Å². The van der Waals surface area contributed by atoms with E-state index in [1.807, 2.05) is 11.4 Å². The molecule has 0 spiro atoms. The molecule has 0 saturated carbocycles. The molecule has 0 amide bonds. The molecule has 4 nitrogen and oxygen atoms in total. The van der Waals surface area contributed by atoms with E-state index >= 15 is 0 Å². The van der Waals surface area contributed by atoms with E-state index in [9.17, 15) is 8.42 Å². The van der Waals surface area contributed by atoms with E-state index in [2.05, 4.69) is 10.0 Å². The molecular formula is C12H14N2O2S2. The summed E-state index contributed by atoms with van der Waals surface area (Å²) in [5.41, 5.74) is 1.35. The molecule has 2 rings (SSSR count). The van der Waals surface area contributed by atoms with Crippen molar-refractivity contribution in [3.05, 3.63) is 46.7 Å². The van der Waals surface area contributed by atoms with Gasteiger partial charge in [-0.05, 0) is 30.1 Å². The van der Waals surface area contributed by atoms with Crippen LogP contribution in [-0.2, 0) is 16.6 Å². The van der Waals surface area contributed by atoms with Gasteiger partial charge in [-0.3, -0.25) is 4.72 Å². The molecule has 0 aliphatic carbocycles. The van der Waals surface area contributed by atoms with Crippen LogP contribution in [0.3, 0.4) is 0 Å². The maximum Gasteiger partial charge on any atom is 0.262 e. The average molecular weight is 282 g/mol. The van der Waals surface area contributed by atoms with Gasteiger partial charge in [0.2, 0.25) is 0 Å². The summed E-state index contributed by atoms with van der Waals surface area (Å²) in [6.07, 6.45) is 0. The Hall–Kier alpha value is -1.37. The number of thiophene rings is 1. The first-order valence-corrected chi connectivity index (χ1v) is 7.83. The zero-order chi connectivity index (χ0) is 13.0. The molecule has 6 heteroatoms. The van der Waals surface area contributed by atoms with Gasteiger partial charge in [0.25, 0.3) is 10.0 Å². The van der Waals surface area contributed by atoms with E-state index in [1.54, 1.807) is 36.7 Å². The molecule has 1 aromatic carbocycles. The van der Waals surface area contributed by atoms with Crippen molar-refractivity contribution < 1.29 is 8.42 Å². The molecule has 0 fully saturated rings. The normalized spacial score (nSPS) is 11.4. The highest BCUT2D eigenvalue weighted by atomic mass is 32.2. The Kier molecular flexibility index (Phi) is 4.00. The summed E-state index contributed by atoms with van der Waals surface area (Å²) in [4.78, 5) is 0.311. The minimum Gasteiger partial charge on any atom is -0.316 e. The average Bonchev–Trinajstić information content (AvgIpc) is 2.82. The maximum atomic E-state index is 12.3. The van der Waals surface area contributed by atoms with E-state index in [-0.39, 0.29) is 0 Å². The lowest BCUT2D eigenvalue weighted by molar-refractivity contribution is 0.599. The third kappa shape index (κ3) is 2.90. The number of benzene rings is 1. The second kappa shape index (κ2) is 5.51. The summed E-state index contributed by atoms with van der Waals surface area (Å²) in [5, 5.41) is 6.56. The van der Waals surface area contributed by atoms with Crippen LogP contribution in [0.15, 0.2) is 46.0 Å². The van der Waals surface area contributed by atoms with Crippen LogP contribution >= 0.6 is 11.3 Å². The zero-order valence-electron chi connectivity index (χ0n) is 9.88. The van der Waals surface area contributed by atoms with Crippen LogP contribution in [0.25, 0.3) is 0 Å². The van der Waals surface area contributed by atoms with Crippen LogP contribution in [0.5, 0.6) is 0 Å². The fourth-order valence-corrected chi connectivity index (χ4v) is 3.59. The monoisotopic (exact) mass is 282 g/mol. The zero-order valence-corrected chi connectivity index (χ0v) is 11.5. The van der Waals surface area contributed by atoms with E-state index in [0.29, 0.717) is 17.1 Å². The molecule has 0 unspecified atom stereocenters. The largest absolute Gasteiger partial charge is 0.316 e. The topological polar surface area (TPSA) is 58.2 Å². The van der Waals surface area contributed by atoms with Crippen LogP contribution in [0, 0.1) is 0 Å². The Labute approximate surface area is 111 Å². The predicted molar refractivity (Wildman–Crippen MR) is 74.3 cm³/mol. The van der Waals surface area contributed by atoms with Gasteiger partial charge < -0.3 is 5.32 Å². The van der Waals surface area contributed by atoms with Crippen molar-refractivity contribution in [2.45, 2.75) is 11.4 Å². The highest BCUT2D eigenvalue weighted by Crippen LogP contribution is 2.21. The van der Waals surface area contributed by atoms with E-state index in [0.717, 1.165) is 5.56 Å². The van der Waals surface area contributed by atoms with Crippen molar-refractivity contribution in [2.75, 3.05) is 11.8 Å². The summed E-state index contributed by atoms with van der Waals surface area (Å²) in [7, 11) is -1.73. The molecule has 2 aromatic rings. The second-order valence-corrected chi connectivity index (χ2v) is 6.19. The van der Waals surface area contributed by atoms with E-state index in [1.165, 1.54) is 11.3 Å². The van der Waals surface area contributed by atoms with Gasteiger partial charge in [0.05, 0.1) is 10.6 Å². The molecule has 0 aliphatic heterocycles. The fraction of sp³-hybridized carbons (Fsp3) is 0.167. The van der Waals surface area contributed by atoms with Gasteiger partial charge in [-0.15, -0.1) is 0 Å². The summed E-state index contributed by atoms with van der Waals surface area (Å²) in [6, 6.07) is 8.71. The molecule has 1 heterocycles. The van der Waals surface area contributed by atoms with E-state index < -0.39 is 10.0 Å². The Morgan fingerprint density at radius 1 is 1.22 bits per heavy atom. The first kappa shape index (κ1) is 13.1. The van der Waals surface area contributed by atoms with Crippen molar-refractivity contribution in [3.8, 4) is 0 Å². The molecule has 0 radical (unpaired) electrons. The molecule has 0 aliphatic rings. The molecule has 0 atom stereocenters. The summed E-state index contributed by atoms with van der Waals surface area (Å²) < 4.78 is 27.1. The first-order chi connectivity index (χ1) is 8.63. The van der Waals surface area contributed by atoms with Crippen LogP contribution in [0.1, 0.15) is 5.56 Å². The fourth-order valence-electron chi connectivity index (χ4n) is 1.64. The second-order valence-electron chi connectivity index (χ2n) is 3.76. The number of sulfonamides is 1. The van der Waals surface area contributed by atoms with Gasteiger partial charge in [-0.2, -0.15) is 11.3 Å². The number of anilines is 1. The Morgan fingerprint density at radius 2 is 2.00 bits per heavy atom. The predicted octanol–water partition coefficient (Wildman–Crippen LogP) is 2.27. The standard InChI is InChI=1S/C12H14N2O2S2/c1-13-8-10-4-2-3-5-12(10)18(15,16)14-11-6-7-17-9-11/h2-7,9,13-14H,8H2,1H3. The van der Waals surface area contributed by atoms with Gasteiger partial charge in [-0.1, -0.05) is 18.2 Å². The van der Waals surface area contributed by atoms with Gasteiger partial charge in [0, 0.05) is 11.9 Å². The van der Waals surface area contributed by atoms with Crippen molar-refractivity contribution in [1.82, 2.24) is 5.32 Å². The van der Waals surface area contributed by atoms with Crippen LogP contribution in [0.4, 0.5) is 5.69 Å².